The van der Waals surface area contributed by atoms with E-state index in [9.17, 15) is 4.79 Å². The summed E-state index contributed by atoms with van der Waals surface area (Å²) in [6.45, 7) is 2.80. The third-order valence-corrected chi connectivity index (χ3v) is 3.83. The summed E-state index contributed by atoms with van der Waals surface area (Å²) in [6, 6.07) is 7.93. The van der Waals surface area contributed by atoms with E-state index in [-0.39, 0.29) is 5.91 Å². The quantitative estimate of drug-likeness (QED) is 0.880. The zero-order chi connectivity index (χ0) is 13.7. The average Bonchev–Trinajstić information content (AvgIpc) is 2.83. The molecule has 0 aliphatic heterocycles. The molecule has 0 unspecified atom stereocenters. The number of likely N-dealkylation sites (N-methyl/N-ethyl adjacent to an activating group) is 1. The molecule has 2 aromatic rings. The van der Waals surface area contributed by atoms with Crippen LogP contribution in [0.3, 0.4) is 0 Å². The minimum absolute atomic E-state index is 0.0287. The summed E-state index contributed by atoms with van der Waals surface area (Å²) in [5, 5.41) is 5.97. The molecule has 2 N–H and O–H groups in total. The van der Waals surface area contributed by atoms with E-state index in [0.29, 0.717) is 6.42 Å². The van der Waals surface area contributed by atoms with Crippen molar-refractivity contribution in [3.8, 4) is 0 Å². The smallest absolute Gasteiger partial charge is 0.224 e. The molecule has 4 nitrogen and oxygen atoms in total. The van der Waals surface area contributed by atoms with E-state index >= 15 is 0 Å². The first-order valence-electron chi connectivity index (χ1n) is 6.11. The van der Waals surface area contributed by atoms with Gasteiger partial charge in [-0.05, 0) is 24.6 Å². The predicted molar refractivity (Wildman–Crippen MR) is 78.4 cm³/mol. The summed E-state index contributed by atoms with van der Waals surface area (Å²) in [4.78, 5) is 16.7. The van der Waals surface area contributed by atoms with Crippen LogP contribution in [-0.4, -0.2) is 17.9 Å². The number of nitrogens with zero attached hydrogens (tertiary/aromatic N) is 1. The van der Waals surface area contributed by atoms with Gasteiger partial charge in [-0.1, -0.05) is 12.1 Å². The fourth-order valence-corrected chi connectivity index (χ4v) is 2.41. The van der Waals surface area contributed by atoms with Gasteiger partial charge in [0.1, 0.15) is 0 Å². The minimum Gasteiger partial charge on any atom is -0.380 e. The highest BCUT2D eigenvalue weighted by Gasteiger charge is 2.02. The SMILES string of the molecule is CNC(=O)Cc1ccc(NCc2scnc2C)cc1. The fourth-order valence-electron chi connectivity index (χ4n) is 1.69. The zero-order valence-corrected chi connectivity index (χ0v) is 11.9. The number of carbonyl (C=O) groups is 1. The number of anilines is 1. The molecular formula is C14H17N3OS. The summed E-state index contributed by atoms with van der Waals surface area (Å²) < 4.78 is 0. The number of carbonyl (C=O) groups excluding carboxylic acids is 1. The lowest BCUT2D eigenvalue weighted by Gasteiger charge is -2.06. The van der Waals surface area contributed by atoms with Gasteiger partial charge in [0.05, 0.1) is 24.2 Å². The molecule has 1 aromatic heterocycles. The van der Waals surface area contributed by atoms with Gasteiger partial charge in [0, 0.05) is 17.6 Å². The van der Waals surface area contributed by atoms with Gasteiger partial charge in [0.25, 0.3) is 0 Å². The van der Waals surface area contributed by atoms with Crippen LogP contribution >= 0.6 is 11.3 Å². The zero-order valence-electron chi connectivity index (χ0n) is 11.1. The highest BCUT2D eigenvalue weighted by Crippen LogP contribution is 2.16. The van der Waals surface area contributed by atoms with Crippen LogP contribution in [0.2, 0.25) is 0 Å². The van der Waals surface area contributed by atoms with Gasteiger partial charge in [-0.25, -0.2) is 4.98 Å². The second-order valence-corrected chi connectivity index (χ2v) is 5.20. The van der Waals surface area contributed by atoms with Crippen LogP contribution in [0.1, 0.15) is 16.1 Å². The van der Waals surface area contributed by atoms with E-state index in [1.807, 2.05) is 36.7 Å². The second-order valence-electron chi connectivity index (χ2n) is 4.26. The molecule has 0 fully saturated rings. The summed E-state index contributed by atoms with van der Waals surface area (Å²) >= 11 is 1.66. The normalized spacial score (nSPS) is 10.2. The van der Waals surface area contributed by atoms with Crippen LogP contribution in [0.25, 0.3) is 0 Å². The molecule has 0 saturated carbocycles. The molecule has 0 atom stereocenters. The molecule has 0 bridgehead atoms. The summed E-state index contributed by atoms with van der Waals surface area (Å²) in [5.41, 5.74) is 5.00. The Bertz CT molecular complexity index is 548. The standard InChI is InChI=1S/C14H17N3OS/c1-10-13(19-9-17-10)8-16-12-5-3-11(4-6-12)7-14(18)15-2/h3-6,9,16H,7-8H2,1-2H3,(H,15,18). The van der Waals surface area contributed by atoms with Crippen molar-refractivity contribution in [2.45, 2.75) is 19.9 Å². The topological polar surface area (TPSA) is 54.0 Å². The number of hydrogen-bond donors (Lipinski definition) is 2. The molecule has 2 rings (SSSR count). The highest BCUT2D eigenvalue weighted by molar-refractivity contribution is 7.09. The van der Waals surface area contributed by atoms with E-state index in [4.69, 9.17) is 0 Å². The van der Waals surface area contributed by atoms with Crippen molar-refractivity contribution in [3.63, 3.8) is 0 Å². The van der Waals surface area contributed by atoms with Crippen LogP contribution in [0.15, 0.2) is 29.8 Å². The van der Waals surface area contributed by atoms with E-state index in [0.717, 1.165) is 23.5 Å². The molecule has 1 heterocycles. The molecule has 100 valence electrons. The van der Waals surface area contributed by atoms with E-state index in [1.165, 1.54) is 4.88 Å². The molecule has 0 radical (unpaired) electrons. The van der Waals surface area contributed by atoms with Crippen molar-refractivity contribution in [3.05, 3.63) is 45.9 Å². The second kappa shape index (κ2) is 6.33. The van der Waals surface area contributed by atoms with Crippen LogP contribution in [0, 0.1) is 6.92 Å². The Kier molecular flexibility index (Phi) is 4.52. The first kappa shape index (κ1) is 13.5. The Balaban J connectivity index is 1.92. The fraction of sp³-hybridized carbons (Fsp3) is 0.286. The lowest BCUT2D eigenvalue weighted by Crippen LogP contribution is -2.19. The van der Waals surface area contributed by atoms with E-state index < -0.39 is 0 Å². The molecule has 5 heteroatoms. The Morgan fingerprint density at radius 1 is 1.32 bits per heavy atom. The van der Waals surface area contributed by atoms with Gasteiger partial charge < -0.3 is 10.6 Å². The minimum atomic E-state index is 0.0287. The van der Waals surface area contributed by atoms with Gasteiger partial charge in [-0.15, -0.1) is 11.3 Å². The number of rotatable bonds is 5. The summed E-state index contributed by atoms with van der Waals surface area (Å²) in [6.07, 6.45) is 0.421. The maximum absolute atomic E-state index is 11.3. The Morgan fingerprint density at radius 2 is 2.05 bits per heavy atom. The Labute approximate surface area is 116 Å². The third kappa shape index (κ3) is 3.79. The van der Waals surface area contributed by atoms with Gasteiger partial charge in [0.15, 0.2) is 0 Å². The number of benzene rings is 1. The highest BCUT2D eigenvalue weighted by atomic mass is 32.1. The number of aryl methyl sites for hydroxylation is 1. The molecule has 0 aliphatic rings. The van der Waals surface area contributed by atoms with E-state index in [1.54, 1.807) is 18.4 Å². The van der Waals surface area contributed by atoms with Gasteiger partial charge in [-0.3, -0.25) is 4.79 Å². The number of nitrogens with one attached hydrogen (secondary N) is 2. The molecule has 19 heavy (non-hydrogen) atoms. The van der Waals surface area contributed by atoms with Crippen molar-refractivity contribution in [1.29, 1.82) is 0 Å². The van der Waals surface area contributed by atoms with Gasteiger partial charge >= 0.3 is 0 Å². The van der Waals surface area contributed by atoms with Gasteiger partial charge in [0.2, 0.25) is 5.91 Å². The number of amides is 1. The van der Waals surface area contributed by atoms with Crippen molar-refractivity contribution in [1.82, 2.24) is 10.3 Å². The average molecular weight is 275 g/mol. The molecular weight excluding hydrogens is 258 g/mol. The Morgan fingerprint density at radius 3 is 2.63 bits per heavy atom. The van der Waals surface area contributed by atoms with Crippen LogP contribution in [0.5, 0.6) is 0 Å². The lowest BCUT2D eigenvalue weighted by molar-refractivity contribution is -0.119. The largest absolute Gasteiger partial charge is 0.380 e. The first-order chi connectivity index (χ1) is 9.19. The lowest BCUT2D eigenvalue weighted by atomic mass is 10.1. The van der Waals surface area contributed by atoms with Crippen molar-refractivity contribution in [2.75, 3.05) is 12.4 Å². The summed E-state index contributed by atoms with van der Waals surface area (Å²) in [7, 11) is 1.65. The molecule has 1 amide bonds. The molecule has 0 aliphatic carbocycles. The van der Waals surface area contributed by atoms with Crippen molar-refractivity contribution < 1.29 is 4.79 Å². The molecule has 1 aromatic carbocycles. The number of hydrogen-bond acceptors (Lipinski definition) is 4. The predicted octanol–water partition coefficient (Wildman–Crippen LogP) is 2.35. The maximum atomic E-state index is 11.3. The Hall–Kier alpha value is -1.88. The first-order valence-corrected chi connectivity index (χ1v) is 6.99. The number of thiazole rings is 1. The molecule has 0 spiro atoms. The number of aromatic nitrogens is 1. The van der Waals surface area contributed by atoms with Gasteiger partial charge in [-0.2, -0.15) is 0 Å². The van der Waals surface area contributed by atoms with Crippen LogP contribution < -0.4 is 10.6 Å². The molecule has 0 saturated heterocycles. The van der Waals surface area contributed by atoms with Crippen molar-refractivity contribution >= 4 is 22.9 Å². The maximum Gasteiger partial charge on any atom is 0.224 e. The third-order valence-electron chi connectivity index (χ3n) is 2.90. The monoisotopic (exact) mass is 275 g/mol. The van der Waals surface area contributed by atoms with Crippen molar-refractivity contribution in [2.24, 2.45) is 0 Å². The van der Waals surface area contributed by atoms with Crippen LogP contribution in [0.4, 0.5) is 5.69 Å². The summed E-state index contributed by atoms with van der Waals surface area (Å²) in [5.74, 6) is 0.0287. The van der Waals surface area contributed by atoms with Crippen LogP contribution in [-0.2, 0) is 17.8 Å². The van der Waals surface area contributed by atoms with E-state index in [2.05, 4.69) is 15.6 Å².